The van der Waals surface area contributed by atoms with E-state index in [-0.39, 0.29) is 12.2 Å². The molecule has 0 spiro atoms. The molecule has 17 heavy (non-hydrogen) atoms. The highest BCUT2D eigenvalue weighted by atomic mass is 16.6. The van der Waals surface area contributed by atoms with Gasteiger partial charge in [0.25, 0.3) is 0 Å². The van der Waals surface area contributed by atoms with Gasteiger partial charge in [0.1, 0.15) is 0 Å². The Labute approximate surface area is 106 Å². The first-order valence-corrected chi connectivity index (χ1v) is 6.73. The molecule has 100 valence electrons. The van der Waals surface area contributed by atoms with Crippen molar-refractivity contribution < 1.29 is 9.53 Å². The number of hydrogen-bond donors (Lipinski definition) is 1. The zero-order chi connectivity index (χ0) is 13.1. The third-order valence-electron chi connectivity index (χ3n) is 2.83. The Balaban J connectivity index is 3.78. The number of rotatable bonds is 10. The smallest absolute Gasteiger partial charge is 0.331 e. The van der Waals surface area contributed by atoms with E-state index in [1.54, 1.807) is 0 Å². The number of carbonyl (C=O) groups is 1. The molecule has 0 aromatic rings. The van der Waals surface area contributed by atoms with Crippen molar-refractivity contribution in [3.05, 3.63) is 12.7 Å². The van der Waals surface area contributed by atoms with Crippen molar-refractivity contribution in [3.63, 3.8) is 0 Å². The molecule has 3 heteroatoms. The lowest BCUT2D eigenvalue weighted by molar-refractivity contribution is -0.144. The van der Waals surface area contributed by atoms with Gasteiger partial charge in [0.15, 0.2) is 6.23 Å². The van der Waals surface area contributed by atoms with E-state index in [4.69, 9.17) is 4.74 Å². The molecular weight excluding hydrogens is 214 g/mol. The molecule has 0 bridgehead atoms. The van der Waals surface area contributed by atoms with E-state index in [1.165, 1.54) is 31.8 Å². The molecule has 0 heterocycles. The highest BCUT2D eigenvalue weighted by Crippen LogP contribution is 2.08. The molecule has 0 fully saturated rings. The monoisotopic (exact) mass is 241 g/mol. The Bertz CT molecular complexity index is 216. The second-order valence-electron chi connectivity index (χ2n) is 4.40. The number of nitrogens with one attached hydrogen (secondary N) is 1. The van der Waals surface area contributed by atoms with Crippen LogP contribution < -0.4 is 5.32 Å². The Morgan fingerprint density at radius 2 is 2.06 bits per heavy atom. The molecule has 0 saturated carbocycles. The van der Waals surface area contributed by atoms with Crippen LogP contribution in [0.1, 0.15) is 59.3 Å². The zero-order valence-electron chi connectivity index (χ0n) is 11.5. The third kappa shape index (κ3) is 8.93. The van der Waals surface area contributed by atoms with Gasteiger partial charge in [0.05, 0.1) is 0 Å². The Morgan fingerprint density at radius 1 is 1.35 bits per heavy atom. The van der Waals surface area contributed by atoms with Gasteiger partial charge in [-0.1, -0.05) is 46.1 Å². The van der Waals surface area contributed by atoms with Gasteiger partial charge in [0, 0.05) is 12.1 Å². The van der Waals surface area contributed by atoms with Gasteiger partial charge in [-0.25, -0.2) is 4.79 Å². The summed E-state index contributed by atoms with van der Waals surface area (Å²) in [6.07, 6.45) is 8.25. The summed E-state index contributed by atoms with van der Waals surface area (Å²) in [6, 6.07) is 0.430. The summed E-state index contributed by atoms with van der Waals surface area (Å²) in [6.45, 7) is 9.60. The summed E-state index contributed by atoms with van der Waals surface area (Å²) >= 11 is 0. The number of unbranched alkanes of at least 4 members (excludes halogenated alkanes) is 3. The van der Waals surface area contributed by atoms with Crippen LogP contribution in [0.5, 0.6) is 0 Å². The van der Waals surface area contributed by atoms with Crippen LogP contribution in [-0.4, -0.2) is 18.2 Å². The van der Waals surface area contributed by atoms with Crippen LogP contribution >= 0.6 is 0 Å². The van der Waals surface area contributed by atoms with Crippen molar-refractivity contribution in [1.82, 2.24) is 5.32 Å². The van der Waals surface area contributed by atoms with Crippen molar-refractivity contribution >= 4 is 5.97 Å². The van der Waals surface area contributed by atoms with Crippen molar-refractivity contribution in [2.45, 2.75) is 71.6 Å². The second-order valence-corrected chi connectivity index (χ2v) is 4.40. The predicted octanol–water partition coefficient (Wildman–Crippen LogP) is 3.40. The molecule has 0 aromatic carbocycles. The molecule has 3 nitrogen and oxygen atoms in total. The minimum absolute atomic E-state index is 0.239. The van der Waals surface area contributed by atoms with Crippen LogP contribution in [0.2, 0.25) is 0 Å². The third-order valence-corrected chi connectivity index (χ3v) is 2.83. The van der Waals surface area contributed by atoms with E-state index in [0.29, 0.717) is 6.04 Å². The Morgan fingerprint density at radius 3 is 2.59 bits per heavy atom. The predicted molar refractivity (Wildman–Crippen MR) is 71.7 cm³/mol. The first-order chi connectivity index (χ1) is 8.13. The van der Waals surface area contributed by atoms with Gasteiger partial charge in [-0.2, -0.15) is 0 Å². The average molecular weight is 241 g/mol. The number of ether oxygens (including phenoxy) is 1. The lowest BCUT2D eigenvalue weighted by Gasteiger charge is -2.21. The van der Waals surface area contributed by atoms with Crippen LogP contribution in [0.15, 0.2) is 12.7 Å². The van der Waals surface area contributed by atoms with Crippen molar-refractivity contribution in [2.75, 3.05) is 0 Å². The molecule has 0 amide bonds. The van der Waals surface area contributed by atoms with E-state index in [9.17, 15) is 4.79 Å². The maximum Gasteiger partial charge on any atom is 0.331 e. The maximum atomic E-state index is 11.0. The highest BCUT2D eigenvalue weighted by Gasteiger charge is 2.12. The van der Waals surface area contributed by atoms with Gasteiger partial charge in [-0.15, -0.1) is 0 Å². The minimum Gasteiger partial charge on any atom is -0.444 e. The Kier molecular flexibility index (Phi) is 9.83. The number of esters is 1. The average Bonchev–Trinajstić information content (AvgIpc) is 2.32. The maximum absolute atomic E-state index is 11.0. The number of hydrogen-bond acceptors (Lipinski definition) is 3. The van der Waals surface area contributed by atoms with Crippen molar-refractivity contribution in [2.24, 2.45) is 0 Å². The molecule has 0 aliphatic rings. The summed E-state index contributed by atoms with van der Waals surface area (Å²) in [4.78, 5) is 11.0. The van der Waals surface area contributed by atoms with Crippen LogP contribution in [0.25, 0.3) is 0 Å². The molecular formula is C14H27NO2. The number of carbonyl (C=O) groups excluding carboxylic acids is 1. The Hall–Kier alpha value is -0.830. The van der Waals surface area contributed by atoms with Crippen LogP contribution in [-0.2, 0) is 9.53 Å². The van der Waals surface area contributed by atoms with E-state index < -0.39 is 0 Å². The van der Waals surface area contributed by atoms with Gasteiger partial charge in [-0.05, 0) is 19.8 Å². The molecule has 2 unspecified atom stereocenters. The molecule has 0 saturated heterocycles. The van der Waals surface area contributed by atoms with E-state index in [1.807, 2.05) is 6.92 Å². The minimum atomic E-state index is -0.370. The van der Waals surface area contributed by atoms with E-state index in [0.717, 1.165) is 12.8 Å². The van der Waals surface area contributed by atoms with E-state index in [2.05, 4.69) is 25.7 Å². The summed E-state index contributed by atoms with van der Waals surface area (Å²) in [5.74, 6) is -0.370. The quantitative estimate of drug-likeness (QED) is 0.276. The van der Waals surface area contributed by atoms with Gasteiger partial charge in [-0.3, -0.25) is 5.32 Å². The molecule has 0 aliphatic carbocycles. The van der Waals surface area contributed by atoms with Crippen LogP contribution in [0.3, 0.4) is 0 Å². The van der Waals surface area contributed by atoms with Crippen molar-refractivity contribution in [1.29, 1.82) is 0 Å². The molecule has 0 rings (SSSR count). The molecule has 1 N–H and O–H groups in total. The summed E-state index contributed by atoms with van der Waals surface area (Å²) in [5, 5.41) is 3.32. The molecule has 2 atom stereocenters. The fraction of sp³-hybridized carbons (Fsp3) is 0.786. The molecule has 0 aliphatic heterocycles. The molecule has 0 radical (unpaired) electrons. The fourth-order valence-electron chi connectivity index (χ4n) is 1.81. The molecule has 0 aromatic heterocycles. The summed E-state index contributed by atoms with van der Waals surface area (Å²) in [7, 11) is 0. The first-order valence-electron chi connectivity index (χ1n) is 6.73. The SMILES string of the molecule is C=CC(=O)OC(C)NC(CC)CCCCCC. The van der Waals surface area contributed by atoms with Gasteiger partial charge < -0.3 is 4.74 Å². The normalized spacial score (nSPS) is 14.1. The summed E-state index contributed by atoms with van der Waals surface area (Å²) < 4.78 is 5.09. The fourth-order valence-corrected chi connectivity index (χ4v) is 1.81. The standard InChI is InChI=1S/C14H27NO2/c1-5-8-9-10-11-13(6-2)15-12(4)17-14(16)7-3/h7,12-13,15H,3,5-6,8-11H2,1-2,4H3. The lowest BCUT2D eigenvalue weighted by atomic mass is 10.1. The second kappa shape index (κ2) is 10.3. The van der Waals surface area contributed by atoms with Gasteiger partial charge >= 0.3 is 5.97 Å². The first kappa shape index (κ1) is 16.2. The topological polar surface area (TPSA) is 38.3 Å². The van der Waals surface area contributed by atoms with Crippen LogP contribution in [0, 0.1) is 0 Å². The van der Waals surface area contributed by atoms with Crippen LogP contribution in [0.4, 0.5) is 0 Å². The highest BCUT2D eigenvalue weighted by molar-refractivity contribution is 5.81. The lowest BCUT2D eigenvalue weighted by Crippen LogP contribution is -2.38. The van der Waals surface area contributed by atoms with E-state index >= 15 is 0 Å². The van der Waals surface area contributed by atoms with Crippen molar-refractivity contribution in [3.8, 4) is 0 Å². The zero-order valence-corrected chi connectivity index (χ0v) is 11.5. The van der Waals surface area contributed by atoms with Gasteiger partial charge in [0.2, 0.25) is 0 Å². The largest absolute Gasteiger partial charge is 0.444 e. The summed E-state index contributed by atoms with van der Waals surface area (Å²) in [5.41, 5.74) is 0.